The largest absolute Gasteiger partial charge is 0.313 e. The van der Waals surface area contributed by atoms with E-state index >= 15 is 0 Å². The molecule has 1 aliphatic carbocycles. The minimum Gasteiger partial charge on any atom is -0.313 e. The van der Waals surface area contributed by atoms with Gasteiger partial charge >= 0.3 is 0 Å². The number of rotatable bonds is 3. The maximum atomic E-state index is 3.81. The van der Waals surface area contributed by atoms with Crippen LogP contribution in [0.2, 0.25) is 0 Å². The summed E-state index contributed by atoms with van der Waals surface area (Å²) in [6.07, 6.45) is 7.19. The molecule has 0 spiro atoms. The molecule has 15 heavy (non-hydrogen) atoms. The molecule has 1 nitrogen and oxygen atoms in total. The Bertz CT molecular complexity index is 195. The van der Waals surface area contributed by atoms with Crippen LogP contribution in [-0.2, 0) is 0 Å². The Balaban J connectivity index is 1.68. The van der Waals surface area contributed by atoms with Gasteiger partial charge in [0, 0.05) is 11.3 Å². The van der Waals surface area contributed by atoms with Gasteiger partial charge in [-0.25, -0.2) is 0 Å². The van der Waals surface area contributed by atoms with E-state index in [1.807, 2.05) is 0 Å². The molecular formula is C13H25NS. The zero-order valence-corrected chi connectivity index (χ0v) is 11.0. The molecule has 0 radical (unpaired) electrons. The molecule has 0 bridgehead atoms. The Kier molecular flexibility index (Phi) is 4.39. The SMILES string of the molecule is CC1CCC(CNC2CCCSC2C)C1. The van der Waals surface area contributed by atoms with Gasteiger partial charge in [0.1, 0.15) is 0 Å². The summed E-state index contributed by atoms with van der Waals surface area (Å²) in [6.45, 7) is 6.07. The third-order valence-electron chi connectivity index (χ3n) is 4.08. The molecule has 0 amide bonds. The van der Waals surface area contributed by atoms with Gasteiger partial charge in [-0.1, -0.05) is 20.3 Å². The van der Waals surface area contributed by atoms with Gasteiger partial charge in [-0.2, -0.15) is 11.8 Å². The smallest absolute Gasteiger partial charge is 0.0184 e. The number of nitrogens with one attached hydrogen (secondary N) is 1. The first kappa shape index (κ1) is 11.8. The fourth-order valence-corrected chi connectivity index (χ4v) is 4.19. The van der Waals surface area contributed by atoms with Gasteiger partial charge in [0.05, 0.1) is 0 Å². The van der Waals surface area contributed by atoms with Crippen molar-refractivity contribution in [2.75, 3.05) is 12.3 Å². The first-order valence-electron chi connectivity index (χ1n) is 6.60. The molecule has 2 fully saturated rings. The lowest BCUT2D eigenvalue weighted by Gasteiger charge is -2.30. The van der Waals surface area contributed by atoms with Gasteiger partial charge in [0.25, 0.3) is 0 Å². The second-order valence-corrected chi connectivity index (χ2v) is 7.00. The van der Waals surface area contributed by atoms with Crippen LogP contribution < -0.4 is 5.32 Å². The van der Waals surface area contributed by atoms with Crippen molar-refractivity contribution in [2.24, 2.45) is 11.8 Å². The van der Waals surface area contributed by atoms with E-state index in [0.29, 0.717) is 0 Å². The minimum atomic E-state index is 0.791. The highest BCUT2D eigenvalue weighted by atomic mass is 32.2. The summed E-state index contributed by atoms with van der Waals surface area (Å²) in [5.41, 5.74) is 0. The summed E-state index contributed by atoms with van der Waals surface area (Å²) in [7, 11) is 0. The normalized spacial score (nSPS) is 42.0. The van der Waals surface area contributed by atoms with E-state index in [0.717, 1.165) is 23.1 Å². The molecule has 0 aromatic rings. The van der Waals surface area contributed by atoms with Crippen molar-refractivity contribution in [1.82, 2.24) is 5.32 Å². The lowest BCUT2D eigenvalue weighted by molar-refractivity contribution is 0.399. The zero-order valence-electron chi connectivity index (χ0n) is 10.2. The molecule has 1 heterocycles. The summed E-state index contributed by atoms with van der Waals surface area (Å²) in [5, 5.41) is 4.64. The van der Waals surface area contributed by atoms with Crippen LogP contribution in [0, 0.1) is 11.8 Å². The molecule has 4 atom stereocenters. The number of thioether (sulfide) groups is 1. The van der Waals surface area contributed by atoms with E-state index in [1.54, 1.807) is 0 Å². The zero-order chi connectivity index (χ0) is 10.7. The van der Waals surface area contributed by atoms with Crippen molar-refractivity contribution < 1.29 is 0 Å². The summed E-state index contributed by atoms with van der Waals surface area (Å²) in [6, 6.07) is 0.791. The molecule has 2 heteroatoms. The van der Waals surface area contributed by atoms with E-state index in [1.165, 1.54) is 44.4 Å². The Morgan fingerprint density at radius 3 is 2.73 bits per heavy atom. The Labute approximate surface area is 98.8 Å². The fourth-order valence-electron chi connectivity index (χ4n) is 3.02. The molecule has 2 aliphatic rings. The topological polar surface area (TPSA) is 12.0 Å². The van der Waals surface area contributed by atoms with Crippen LogP contribution in [0.15, 0.2) is 0 Å². The molecular weight excluding hydrogens is 202 g/mol. The van der Waals surface area contributed by atoms with Crippen molar-refractivity contribution in [3.8, 4) is 0 Å². The van der Waals surface area contributed by atoms with Crippen LogP contribution >= 0.6 is 11.8 Å². The average molecular weight is 227 g/mol. The van der Waals surface area contributed by atoms with E-state index in [9.17, 15) is 0 Å². The van der Waals surface area contributed by atoms with Crippen molar-refractivity contribution >= 4 is 11.8 Å². The van der Waals surface area contributed by atoms with Crippen molar-refractivity contribution in [2.45, 2.75) is 57.2 Å². The molecule has 1 aliphatic heterocycles. The Morgan fingerprint density at radius 1 is 1.20 bits per heavy atom. The lowest BCUT2D eigenvalue weighted by Crippen LogP contribution is -2.41. The highest BCUT2D eigenvalue weighted by Gasteiger charge is 2.25. The maximum Gasteiger partial charge on any atom is 0.0184 e. The third-order valence-corrected chi connectivity index (χ3v) is 5.46. The van der Waals surface area contributed by atoms with Crippen LogP contribution in [0.1, 0.15) is 46.0 Å². The molecule has 0 aromatic heterocycles. The summed E-state index contributed by atoms with van der Waals surface area (Å²) in [4.78, 5) is 0. The van der Waals surface area contributed by atoms with Crippen LogP contribution in [0.5, 0.6) is 0 Å². The Hall–Kier alpha value is 0.310. The first-order chi connectivity index (χ1) is 7.25. The molecule has 0 aromatic carbocycles. The molecule has 1 saturated carbocycles. The predicted molar refractivity (Wildman–Crippen MR) is 69.4 cm³/mol. The van der Waals surface area contributed by atoms with Gasteiger partial charge in [-0.05, 0) is 49.8 Å². The maximum absolute atomic E-state index is 3.81. The first-order valence-corrected chi connectivity index (χ1v) is 7.65. The van der Waals surface area contributed by atoms with Crippen LogP contribution in [0.25, 0.3) is 0 Å². The van der Waals surface area contributed by atoms with Gasteiger partial charge in [-0.3, -0.25) is 0 Å². The molecule has 88 valence electrons. The van der Waals surface area contributed by atoms with Crippen molar-refractivity contribution in [1.29, 1.82) is 0 Å². The lowest BCUT2D eigenvalue weighted by atomic mass is 10.0. The van der Waals surface area contributed by atoms with Crippen molar-refractivity contribution in [3.63, 3.8) is 0 Å². The van der Waals surface area contributed by atoms with Crippen LogP contribution in [0.3, 0.4) is 0 Å². The monoisotopic (exact) mass is 227 g/mol. The van der Waals surface area contributed by atoms with Gasteiger partial charge in [-0.15, -0.1) is 0 Å². The standard InChI is InChI=1S/C13H25NS/c1-10-5-6-12(8-10)9-14-13-4-3-7-15-11(13)2/h10-14H,3-9H2,1-2H3. The summed E-state index contributed by atoms with van der Waals surface area (Å²) >= 11 is 2.15. The van der Waals surface area contributed by atoms with E-state index in [-0.39, 0.29) is 0 Å². The molecule has 4 unspecified atom stereocenters. The van der Waals surface area contributed by atoms with Crippen LogP contribution in [0.4, 0.5) is 0 Å². The molecule has 2 rings (SSSR count). The van der Waals surface area contributed by atoms with Crippen LogP contribution in [-0.4, -0.2) is 23.6 Å². The highest BCUT2D eigenvalue weighted by Crippen LogP contribution is 2.30. The summed E-state index contributed by atoms with van der Waals surface area (Å²) in [5.74, 6) is 3.33. The van der Waals surface area contributed by atoms with E-state index < -0.39 is 0 Å². The Morgan fingerprint density at radius 2 is 2.07 bits per heavy atom. The second kappa shape index (κ2) is 5.58. The van der Waals surface area contributed by atoms with Gasteiger partial charge in [0.15, 0.2) is 0 Å². The average Bonchev–Trinajstić information content (AvgIpc) is 2.63. The summed E-state index contributed by atoms with van der Waals surface area (Å²) < 4.78 is 0. The minimum absolute atomic E-state index is 0.791. The quantitative estimate of drug-likeness (QED) is 0.794. The highest BCUT2D eigenvalue weighted by molar-refractivity contribution is 7.99. The van der Waals surface area contributed by atoms with Gasteiger partial charge in [0.2, 0.25) is 0 Å². The van der Waals surface area contributed by atoms with Crippen molar-refractivity contribution in [3.05, 3.63) is 0 Å². The van der Waals surface area contributed by atoms with E-state index in [2.05, 4.69) is 30.9 Å². The predicted octanol–water partition coefficient (Wildman–Crippen LogP) is 3.30. The molecule has 1 N–H and O–H groups in total. The number of hydrogen-bond donors (Lipinski definition) is 1. The fraction of sp³-hybridized carbons (Fsp3) is 1.00. The van der Waals surface area contributed by atoms with Gasteiger partial charge < -0.3 is 5.32 Å². The second-order valence-electron chi connectivity index (χ2n) is 5.52. The van der Waals surface area contributed by atoms with E-state index in [4.69, 9.17) is 0 Å². The molecule has 1 saturated heterocycles. The number of hydrogen-bond acceptors (Lipinski definition) is 2. The third kappa shape index (κ3) is 3.39.